The van der Waals surface area contributed by atoms with Crippen molar-refractivity contribution in [1.29, 1.82) is 0 Å². The average Bonchev–Trinajstić information content (AvgIpc) is 2.11. The molecule has 0 heterocycles. The summed E-state index contributed by atoms with van der Waals surface area (Å²) < 4.78 is 5.31. The Labute approximate surface area is 84.8 Å². The lowest BCUT2D eigenvalue weighted by molar-refractivity contribution is 0.298. The van der Waals surface area contributed by atoms with Crippen molar-refractivity contribution < 1.29 is 9.84 Å². The zero-order chi connectivity index (χ0) is 10.7. The molecule has 0 aromatic heterocycles. The van der Waals surface area contributed by atoms with Crippen molar-refractivity contribution >= 4 is 5.76 Å². The Morgan fingerprint density at radius 1 is 1.43 bits per heavy atom. The summed E-state index contributed by atoms with van der Waals surface area (Å²) in [5.74, 6) is 0.907. The average molecular weight is 192 g/mol. The van der Waals surface area contributed by atoms with Crippen LogP contribution in [0.4, 0.5) is 0 Å². The van der Waals surface area contributed by atoms with E-state index >= 15 is 0 Å². The van der Waals surface area contributed by atoms with Crippen LogP contribution in [0.25, 0.3) is 5.76 Å². The Morgan fingerprint density at radius 3 is 2.64 bits per heavy atom. The molecule has 1 N–H and O–H groups in total. The molecule has 0 unspecified atom stereocenters. The van der Waals surface area contributed by atoms with Crippen LogP contribution in [-0.2, 0) is 4.74 Å². The van der Waals surface area contributed by atoms with Crippen LogP contribution in [0.15, 0.2) is 18.7 Å². The van der Waals surface area contributed by atoms with Crippen molar-refractivity contribution in [2.75, 3.05) is 6.61 Å². The number of aryl methyl sites for hydroxylation is 1. The smallest absolute Gasteiger partial charge is 0.119 e. The van der Waals surface area contributed by atoms with Gasteiger partial charge in [-0.05, 0) is 38.5 Å². The normalized spacial score (nSPS) is 9.93. The van der Waals surface area contributed by atoms with E-state index in [1.165, 1.54) is 0 Å². The van der Waals surface area contributed by atoms with Gasteiger partial charge in [-0.2, -0.15) is 0 Å². The number of hydrogen-bond acceptors (Lipinski definition) is 2. The summed E-state index contributed by atoms with van der Waals surface area (Å²) in [4.78, 5) is 0. The van der Waals surface area contributed by atoms with Crippen molar-refractivity contribution in [3.05, 3.63) is 35.4 Å². The standard InChI is InChI=1S/C12H16O2/c1-5-14-10(4)11-6-8(2)7-12(13)9(11)3/h6-7,13H,4-5H2,1-3H3. The molecule has 1 aromatic rings. The van der Waals surface area contributed by atoms with Crippen molar-refractivity contribution in [3.8, 4) is 5.75 Å². The van der Waals surface area contributed by atoms with E-state index in [4.69, 9.17) is 4.74 Å². The van der Waals surface area contributed by atoms with Gasteiger partial charge in [-0.25, -0.2) is 0 Å². The predicted octanol–water partition coefficient (Wildman–Crippen LogP) is 3.02. The third-order valence-corrected chi connectivity index (χ3v) is 2.14. The van der Waals surface area contributed by atoms with Crippen LogP contribution in [0.3, 0.4) is 0 Å². The lowest BCUT2D eigenvalue weighted by Gasteiger charge is -2.12. The number of aromatic hydroxyl groups is 1. The molecule has 0 bridgehead atoms. The second-order valence-electron chi connectivity index (χ2n) is 3.31. The minimum Gasteiger partial charge on any atom is -0.508 e. The zero-order valence-electron chi connectivity index (χ0n) is 8.92. The summed E-state index contributed by atoms with van der Waals surface area (Å²) in [7, 11) is 0. The first-order valence-electron chi connectivity index (χ1n) is 4.68. The Morgan fingerprint density at radius 2 is 2.07 bits per heavy atom. The van der Waals surface area contributed by atoms with Gasteiger partial charge in [-0.3, -0.25) is 0 Å². The molecule has 2 nitrogen and oxygen atoms in total. The summed E-state index contributed by atoms with van der Waals surface area (Å²) in [5, 5.41) is 9.60. The van der Waals surface area contributed by atoms with Crippen molar-refractivity contribution in [1.82, 2.24) is 0 Å². The molecular formula is C12H16O2. The van der Waals surface area contributed by atoms with Crippen LogP contribution < -0.4 is 0 Å². The first kappa shape index (κ1) is 10.6. The van der Waals surface area contributed by atoms with E-state index in [1.54, 1.807) is 6.07 Å². The van der Waals surface area contributed by atoms with Crippen molar-refractivity contribution in [2.24, 2.45) is 0 Å². The molecule has 2 heteroatoms. The molecule has 1 aromatic carbocycles. The molecule has 0 aliphatic carbocycles. The first-order chi connectivity index (χ1) is 6.56. The fourth-order valence-corrected chi connectivity index (χ4v) is 1.38. The molecule has 1 rings (SSSR count). The van der Waals surface area contributed by atoms with E-state index in [0.717, 1.165) is 16.7 Å². The maximum absolute atomic E-state index is 9.60. The Bertz CT molecular complexity index is 354. The monoisotopic (exact) mass is 192 g/mol. The van der Waals surface area contributed by atoms with Crippen LogP contribution in [0.1, 0.15) is 23.6 Å². The Balaban J connectivity index is 3.13. The van der Waals surface area contributed by atoms with Crippen LogP contribution in [0, 0.1) is 13.8 Å². The van der Waals surface area contributed by atoms with Crippen LogP contribution >= 0.6 is 0 Å². The first-order valence-corrected chi connectivity index (χ1v) is 4.68. The highest BCUT2D eigenvalue weighted by Crippen LogP contribution is 2.27. The second-order valence-corrected chi connectivity index (χ2v) is 3.31. The third-order valence-electron chi connectivity index (χ3n) is 2.14. The second kappa shape index (κ2) is 4.18. The van der Waals surface area contributed by atoms with E-state index in [0.29, 0.717) is 18.1 Å². The number of benzene rings is 1. The van der Waals surface area contributed by atoms with Crippen LogP contribution in [-0.4, -0.2) is 11.7 Å². The molecule has 0 saturated heterocycles. The van der Waals surface area contributed by atoms with Gasteiger partial charge < -0.3 is 9.84 Å². The maximum Gasteiger partial charge on any atom is 0.119 e. The summed E-state index contributed by atoms with van der Waals surface area (Å²) in [5.41, 5.74) is 2.70. The fraction of sp³-hybridized carbons (Fsp3) is 0.333. The van der Waals surface area contributed by atoms with Gasteiger partial charge in [0.1, 0.15) is 11.5 Å². The molecule has 0 fully saturated rings. The molecule has 0 spiro atoms. The summed E-state index contributed by atoms with van der Waals surface area (Å²) in [6.45, 7) is 10.1. The molecule has 14 heavy (non-hydrogen) atoms. The quantitative estimate of drug-likeness (QED) is 0.746. The van der Waals surface area contributed by atoms with Gasteiger partial charge in [0.15, 0.2) is 0 Å². The van der Waals surface area contributed by atoms with Crippen molar-refractivity contribution in [2.45, 2.75) is 20.8 Å². The number of rotatable bonds is 3. The van der Waals surface area contributed by atoms with Gasteiger partial charge in [-0.1, -0.05) is 6.58 Å². The molecular weight excluding hydrogens is 176 g/mol. The molecule has 0 atom stereocenters. The maximum atomic E-state index is 9.60. The lowest BCUT2D eigenvalue weighted by Crippen LogP contribution is -1.94. The lowest BCUT2D eigenvalue weighted by atomic mass is 10.0. The van der Waals surface area contributed by atoms with E-state index in [1.807, 2.05) is 26.8 Å². The summed E-state index contributed by atoms with van der Waals surface area (Å²) in [6, 6.07) is 3.70. The molecule has 0 radical (unpaired) electrons. The fourth-order valence-electron chi connectivity index (χ4n) is 1.38. The minimum absolute atomic E-state index is 0.292. The van der Waals surface area contributed by atoms with E-state index in [-0.39, 0.29) is 0 Å². The highest BCUT2D eigenvalue weighted by atomic mass is 16.5. The SMILES string of the molecule is C=C(OCC)c1cc(C)cc(O)c1C. The number of phenols is 1. The number of phenolic OH excluding ortho intramolecular Hbond substituents is 1. The van der Waals surface area contributed by atoms with E-state index in [2.05, 4.69) is 6.58 Å². The van der Waals surface area contributed by atoms with Crippen LogP contribution in [0.2, 0.25) is 0 Å². The molecule has 0 aliphatic heterocycles. The zero-order valence-corrected chi connectivity index (χ0v) is 8.92. The van der Waals surface area contributed by atoms with Gasteiger partial charge >= 0.3 is 0 Å². The predicted molar refractivity (Wildman–Crippen MR) is 58.2 cm³/mol. The third kappa shape index (κ3) is 2.08. The summed E-state index contributed by atoms with van der Waals surface area (Å²) >= 11 is 0. The summed E-state index contributed by atoms with van der Waals surface area (Å²) in [6.07, 6.45) is 0. The topological polar surface area (TPSA) is 29.5 Å². The number of hydrogen-bond donors (Lipinski definition) is 1. The molecule has 0 aliphatic rings. The van der Waals surface area contributed by atoms with Gasteiger partial charge in [0.2, 0.25) is 0 Å². The molecule has 76 valence electrons. The van der Waals surface area contributed by atoms with Gasteiger partial charge in [-0.15, -0.1) is 0 Å². The van der Waals surface area contributed by atoms with E-state index in [9.17, 15) is 5.11 Å². The number of ether oxygens (including phenoxy) is 1. The van der Waals surface area contributed by atoms with E-state index < -0.39 is 0 Å². The molecule has 0 amide bonds. The van der Waals surface area contributed by atoms with Gasteiger partial charge in [0.25, 0.3) is 0 Å². The highest BCUT2D eigenvalue weighted by Gasteiger charge is 2.08. The Hall–Kier alpha value is -1.44. The Kier molecular flexibility index (Phi) is 3.18. The highest BCUT2D eigenvalue weighted by molar-refractivity contribution is 5.64. The largest absolute Gasteiger partial charge is 0.508 e. The van der Waals surface area contributed by atoms with Gasteiger partial charge in [0.05, 0.1) is 6.61 Å². The van der Waals surface area contributed by atoms with Gasteiger partial charge in [0, 0.05) is 11.1 Å². The van der Waals surface area contributed by atoms with Crippen molar-refractivity contribution in [3.63, 3.8) is 0 Å². The van der Waals surface area contributed by atoms with Crippen LogP contribution in [0.5, 0.6) is 5.75 Å². The molecule has 0 saturated carbocycles. The minimum atomic E-state index is 0.292.